The number of ether oxygens (including phenoxy) is 1. The van der Waals surface area contributed by atoms with Crippen LogP contribution in [0.15, 0.2) is 42.5 Å². The maximum atomic E-state index is 12.5. The number of anilines is 1. The van der Waals surface area contributed by atoms with Crippen LogP contribution in [-0.2, 0) is 17.9 Å². The number of nitrogens with one attached hydrogen (secondary N) is 1. The Labute approximate surface area is 159 Å². The molecule has 2 aromatic carbocycles. The predicted molar refractivity (Wildman–Crippen MR) is 109 cm³/mol. The summed E-state index contributed by atoms with van der Waals surface area (Å²) >= 11 is 2.03. The van der Waals surface area contributed by atoms with Crippen LogP contribution in [0.3, 0.4) is 0 Å². The van der Waals surface area contributed by atoms with Gasteiger partial charge in [0.05, 0.1) is 6.61 Å². The van der Waals surface area contributed by atoms with Crippen LogP contribution >= 0.6 is 11.8 Å². The minimum absolute atomic E-state index is 0.0853. The molecule has 0 saturated carbocycles. The van der Waals surface area contributed by atoms with Crippen LogP contribution in [0.2, 0.25) is 0 Å². The number of thioether (sulfide) groups is 1. The summed E-state index contributed by atoms with van der Waals surface area (Å²) in [7, 11) is 1.66. The van der Waals surface area contributed by atoms with E-state index in [0.717, 1.165) is 36.4 Å². The Kier molecular flexibility index (Phi) is 6.72. The molecule has 1 heterocycles. The summed E-state index contributed by atoms with van der Waals surface area (Å²) in [6, 6.07) is 13.8. The lowest BCUT2D eigenvalue weighted by Gasteiger charge is -2.26. The van der Waals surface area contributed by atoms with Crippen molar-refractivity contribution in [3.8, 4) is 0 Å². The molecule has 0 bridgehead atoms. The second-order valence-corrected chi connectivity index (χ2v) is 7.85. The molecule has 1 aliphatic rings. The van der Waals surface area contributed by atoms with Crippen LogP contribution < -0.4 is 5.32 Å². The highest BCUT2D eigenvalue weighted by Gasteiger charge is 2.12. The number of methoxy groups -OCH3 is 1. The van der Waals surface area contributed by atoms with Gasteiger partial charge in [-0.15, -0.1) is 0 Å². The molecule has 4 nitrogen and oxygen atoms in total. The number of nitrogens with zero attached hydrogens (tertiary/aromatic N) is 1. The number of carbonyl (C=O) groups is 1. The fourth-order valence-electron chi connectivity index (χ4n) is 3.10. The third-order valence-electron chi connectivity index (χ3n) is 4.58. The van der Waals surface area contributed by atoms with Crippen molar-refractivity contribution in [2.75, 3.05) is 37.0 Å². The number of hydrogen-bond donors (Lipinski definition) is 1. The molecule has 2 aromatic rings. The maximum Gasteiger partial charge on any atom is 0.255 e. The minimum Gasteiger partial charge on any atom is -0.380 e. The van der Waals surface area contributed by atoms with Crippen molar-refractivity contribution < 1.29 is 9.53 Å². The highest BCUT2D eigenvalue weighted by molar-refractivity contribution is 7.99. The van der Waals surface area contributed by atoms with Gasteiger partial charge in [0.1, 0.15) is 0 Å². The zero-order valence-electron chi connectivity index (χ0n) is 15.5. The summed E-state index contributed by atoms with van der Waals surface area (Å²) in [6.07, 6.45) is 0. The Hall–Kier alpha value is -1.82. The summed E-state index contributed by atoms with van der Waals surface area (Å²) in [6.45, 7) is 5.89. The van der Waals surface area contributed by atoms with Crippen LogP contribution in [0.1, 0.15) is 27.0 Å². The molecule has 1 fully saturated rings. The number of aryl methyl sites for hydroxylation is 1. The van der Waals surface area contributed by atoms with Gasteiger partial charge in [0.2, 0.25) is 0 Å². The first kappa shape index (κ1) is 19.0. The lowest BCUT2D eigenvalue weighted by molar-refractivity contribution is 0.102. The smallest absolute Gasteiger partial charge is 0.255 e. The summed E-state index contributed by atoms with van der Waals surface area (Å²) in [4.78, 5) is 15.0. The van der Waals surface area contributed by atoms with E-state index in [1.54, 1.807) is 7.11 Å². The third-order valence-corrected chi connectivity index (χ3v) is 5.52. The Morgan fingerprint density at radius 3 is 2.46 bits per heavy atom. The van der Waals surface area contributed by atoms with Crippen molar-refractivity contribution >= 4 is 23.4 Å². The molecule has 0 spiro atoms. The molecule has 3 rings (SSSR count). The summed E-state index contributed by atoms with van der Waals surface area (Å²) in [5.74, 6) is 2.35. The molecular weight excluding hydrogens is 344 g/mol. The van der Waals surface area contributed by atoms with Crippen molar-refractivity contribution in [2.45, 2.75) is 20.1 Å². The molecule has 1 saturated heterocycles. The second-order valence-electron chi connectivity index (χ2n) is 6.62. The van der Waals surface area contributed by atoms with E-state index >= 15 is 0 Å². The lowest BCUT2D eigenvalue weighted by atomic mass is 10.1. The molecule has 0 unspecified atom stereocenters. The Balaban J connectivity index is 1.62. The Morgan fingerprint density at radius 1 is 1.12 bits per heavy atom. The lowest BCUT2D eigenvalue weighted by Crippen LogP contribution is -2.31. The average molecular weight is 371 g/mol. The highest BCUT2D eigenvalue weighted by atomic mass is 32.2. The van der Waals surface area contributed by atoms with Crippen molar-refractivity contribution in [1.82, 2.24) is 4.90 Å². The molecule has 1 N–H and O–H groups in total. The minimum atomic E-state index is -0.0853. The molecule has 0 radical (unpaired) electrons. The van der Waals surface area contributed by atoms with Gasteiger partial charge < -0.3 is 10.1 Å². The van der Waals surface area contributed by atoms with Crippen molar-refractivity contribution in [3.05, 3.63) is 64.7 Å². The van der Waals surface area contributed by atoms with Gasteiger partial charge in [-0.2, -0.15) is 11.8 Å². The van der Waals surface area contributed by atoms with E-state index in [9.17, 15) is 4.79 Å². The molecular formula is C21H26N2O2S. The van der Waals surface area contributed by atoms with E-state index in [1.807, 2.05) is 49.0 Å². The number of hydrogen-bond acceptors (Lipinski definition) is 4. The van der Waals surface area contributed by atoms with Gasteiger partial charge in [-0.25, -0.2) is 0 Å². The van der Waals surface area contributed by atoms with E-state index in [-0.39, 0.29) is 5.91 Å². The molecule has 1 amide bonds. The largest absolute Gasteiger partial charge is 0.380 e. The normalized spacial score (nSPS) is 15.0. The van der Waals surface area contributed by atoms with Gasteiger partial charge in [-0.3, -0.25) is 9.69 Å². The van der Waals surface area contributed by atoms with E-state index in [1.165, 1.54) is 17.1 Å². The average Bonchev–Trinajstić information content (AvgIpc) is 2.65. The monoisotopic (exact) mass is 370 g/mol. The number of benzene rings is 2. The van der Waals surface area contributed by atoms with Crippen molar-refractivity contribution in [1.29, 1.82) is 0 Å². The maximum absolute atomic E-state index is 12.5. The molecule has 0 aromatic heterocycles. The van der Waals surface area contributed by atoms with Crippen LogP contribution in [0.25, 0.3) is 0 Å². The van der Waals surface area contributed by atoms with Gasteiger partial charge >= 0.3 is 0 Å². The van der Waals surface area contributed by atoms with E-state index in [4.69, 9.17) is 4.74 Å². The second kappa shape index (κ2) is 9.21. The molecule has 5 heteroatoms. The van der Waals surface area contributed by atoms with Gasteiger partial charge in [0.25, 0.3) is 5.91 Å². The number of carbonyl (C=O) groups excluding carboxylic acids is 1. The Bertz CT molecular complexity index is 740. The first-order valence-electron chi connectivity index (χ1n) is 8.94. The third kappa shape index (κ3) is 5.10. The fraction of sp³-hybridized carbons (Fsp3) is 0.381. The van der Waals surface area contributed by atoms with E-state index in [2.05, 4.69) is 22.3 Å². The summed E-state index contributed by atoms with van der Waals surface area (Å²) in [5.41, 5.74) is 4.98. The predicted octanol–water partition coefficient (Wildman–Crippen LogP) is 3.94. The standard InChI is InChI=1S/C21H26N2O2S/c1-16-13-18(14-23-9-11-26-12-10-23)5-8-20(16)22-21(24)19-6-3-17(4-7-19)15-25-2/h3-8,13H,9-12,14-15H2,1-2H3,(H,22,24). The van der Waals surface area contributed by atoms with Crippen LogP contribution in [-0.4, -0.2) is 42.5 Å². The van der Waals surface area contributed by atoms with E-state index < -0.39 is 0 Å². The fourth-order valence-corrected chi connectivity index (χ4v) is 4.07. The molecule has 26 heavy (non-hydrogen) atoms. The molecule has 0 aliphatic carbocycles. The Morgan fingerprint density at radius 2 is 1.81 bits per heavy atom. The van der Waals surface area contributed by atoms with Crippen LogP contribution in [0.5, 0.6) is 0 Å². The van der Waals surface area contributed by atoms with Gasteiger partial charge in [0.15, 0.2) is 0 Å². The summed E-state index contributed by atoms with van der Waals surface area (Å²) in [5, 5.41) is 3.02. The zero-order valence-corrected chi connectivity index (χ0v) is 16.3. The van der Waals surface area contributed by atoms with Gasteiger partial charge in [-0.1, -0.05) is 24.3 Å². The topological polar surface area (TPSA) is 41.6 Å². The first-order valence-corrected chi connectivity index (χ1v) is 10.1. The molecule has 138 valence electrons. The number of rotatable bonds is 6. The molecule has 0 atom stereocenters. The van der Waals surface area contributed by atoms with Crippen molar-refractivity contribution in [2.24, 2.45) is 0 Å². The highest BCUT2D eigenvalue weighted by Crippen LogP contribution is 2.20. The van der Waals surface area contributed by atoms with Gasteiger partial charge in [0, 0.05) is 49.5 Å². The zero-order chi connectivity index (χ0) is 18.4. The summed E-state index contributed by atoms with van der Waals surface area (Å²) < 4.78 is 5.10. The quantitative estimate of drug-likeness (QED) is 0.836. The molecule has 1 aliphatic heterocycles. The van der Waals surface area contributed by atoms with E-state index in [0.29, 0.717) is 12.2 Å². The number of amides is 1. The van der Waals surface area contributed by atoms with Gasteiger partial charge in [-0.05, 0) is 41.8 Å². The SMILES string of the molecule is COCc1ccc(C(=O)Nc2ccc(CN3CCSCC3)cc2C)cc1. The first-order chi connectivity index (χ1) is 12.7. The van der Waals surface area contributed by atoms with Crippen molar-refractivity contribution in [3.63, 3.8) is 0 Å². The van der Waals surface area contributed by atoms with Crippen LogP contribution in [0.4, 0.5) is 5.69 Å². The van der Waals surface area contributed by atoms with Crippen LogP contribution in [0, 0.1) is 6.92 Å².